The number of carbonyl (C=O) groups excluding carboxylic acids is 1. The molecule has 0 saturated carbocycles. The first-order valence-corrected chi connectivity index (χ1v) is 9.50. The zero-order valence-electron chi connectivity index (χ0n) is 13.6. The predicted molar refractivity (Wildman–Crippen MR) is 91.8 cm³/mol. The Bertz CT molecular complexity index is 813. The number of nitrogens with one attached hydrogen (secondary N) is 1. The Morgan fingerprint density at radius 1 is 1.25 bits per heavy atom. The molecule has 0 aliphatic rings. The van der Waals surface area contributed by atoms with Gasteiger partial charge in [0.1, 0.15) is 9.77 Å². The molecule has 24 heavy (non-hydrogen) atoms. The first-order chi connectivity index (χ1) is 11.4. The summed E-state index contributed by atoms with van der Waals surface area (Å²) >= 11 is 1.02. The van der Waals surface area contributed by atoms with Crippen LogP contribution in [-0.4, -0.2) is 35.2 Å². The summed E-state index contributed by atoms with van der Waals surface area (Å²) in [7, 11) is -1.11. The third kappa shape index (κ3) is 4.02. The second-order valence-electron chi connectivity index (χ2n) is 5.04. The maximum absolute atomic E-state index is 12.5. The highest BCUT2D eigenvalue weighted by Gasteiger charge is 2.25. The van der Waals surface area contributed by atoms with Gasteiger partial charge in [0.2, 0.25) is 10.0 Å². The van der Waals surface area contributed by atoms with Crippen LogP contribution < -0.4 is 4.72 Å². The van der Waals surface area contributed by atoms with Gasteiger partial charge in [-0.3, -0.25) is 0 Å². The van der Waals surface area contributed by atoms with Crippen molar-refractivity contribution < 1.29 is 22.7 Å². The summed E-state index contributed by atoms with van der Waals surface area (Å²) in [4.78, 5) is 11.6. The molecule has 0 bridgehead atoms. The number of aryl methyl sites for hydroxylation is 1. The molecule has 2 aromatic rings. The molecule has 0 saturated heterocycles. The van der Waals surface area contributed by atoms with Crippen LogP contribution in [0.2, 0.25) is 0 Å². The van der Waals surface area contributed by atoms with Gasteiger partial charge in [-0.05, 0) is 29.5 Å². The lowest BCUT2D eigenvalue weighted by atomic mass is 10.0. The van der Waals surface area contributed by atoms with E-state index in [0.717, 1.165) is 22.5 Å². The van der Waals surface area contributed by atoms with E-state index in [1.807, 2.05) is 31.2 Å². The van der Waals surface area contributed by atoms with E-state index in [4.69, 9.17) is 4.74 Å². The first-order valence-electron chi connectivity index (χ1n) is 7.14. The molecule has 2 rings (SSSR count). The smallest absolute Gasteiger partial charge is 0.349 e. The molecule has 1 aromatic carbocycles. The minimum absolute atomic E-state index is 0.0508. The van der Waals surface area contributed by atoms with Crippen LogP contribution >= 0.6 is 11.3 Å². The third-order valence-corrected chi connectivity index (χ3v) is 6.06. The average molecular weight is 369 g/mol. The monoisotopic (exact) mass is 369 g/mol. The minimum Gasteiger partial charge on any atom is -0.465 e. The fourth-order valence-electron chi connectivity index (χ4n) is 2.28. The Kier molecular flexibility index (Phi) is 6.11. The number of thiophene rings is 1. The topological polar surface area (TPSA) is 81.7 Å². The fourth-order valence-corrected chi connectivity index (χ4v) is 4.65. The predicted octanol–water partition coefficient (Wildman–Crippen LogP) is 2.51. The molecule has 0 fully saturated rings. The van der Waals surface area contributed by atoms with Crippen LogP contribution in [0.25, 0.3) is 0 Å². The van der Waals surface area contributed by atoms with Crippen LogP contribution in [0.5, 0.6) is 0 Å². The van der Waals surface area contributed by atoms with Crippen LogP contribution in [0.4, 0.5) is 0 Å². The van der Waals surface area contributed by atoms with Gasteiger partial charge in [-0.2, -0.15) is 0 Å². The number of methoxy groups -OCH3 is 2. The minimum atomic E-state index is -3.85. The lowest BCUT2D eigenvalue weighted by Crippen LogP contribution is -2.30. The summed E-state index contributed by atoms with van der Waals surface area (Å²) in [5, 5.41) is 1.54. The molecular formula is C16H19NO5S2. The molecule has 1 N–H and O–H groups in total. The number of hydrogen-bond acceptors (Lipinski definition) is 6. The van der Waals surface area contributed by atoms with E-state index >= 15 is 0 Å². The molecule has 1 aromatic heterocycles. The van der Waals surface area contributed by atoms with E-state index in [-0.39, 0.29) is 16.3 Å². The number of hydrogen-bond donors (Lipinski definition) is 1. The lowest BCUT2D eigenvalue weighted by Gasteiger charge is -2.18. The Hall–Kier alpha value is -1.74. The van der Waals surface area contributed by atoms with Crippen LogP contribution in [0, 0.1) is 6.92 Å². The molecule has 6 nitrogen and oxygen atoms in total. The standard InChI is InChI=1S/C16H19NO5S2/c1-11-6-4-5-7-12(11)13(21-2)10-17-24(19,20)14-8-9-23-15(14)16(18)22-3/h4-9,13,17H,10H2,1-3H3. The van der Waals surface area contributed by atoms with E-state index in [9.17, 15) is 13.2 Å². The fraction of sp³-hybridized carbons (Fsp3) is 0.312. The lowest BCUT2D eigenvalue weighted by molar-refractivity contribution is 0.0602. The van der Waals surface area contributed by atoms with Crippen molar-refractivity contribution in [2.24, 2.45) is 0 Å². The number of esters is 1. The summed E-state index contributed by atoms with van der Waals surface area (Å²) in [6.07, 6.45) is -0.429. The van der Waals surface area contributed by atoms with E-state index in [1.165, 1.54) is 25.7 Å². The zero-order valence-corrected chi connectivity index (χ0v) is 15.2. The molecular weight excluding hydrogens is 350 g/mol. The van der Waals surface area contributed by atoms with Crippen molar-refractivity contribution in [1.82, 2.24) is 4.72 Å². The first kappa shape index (κ1) is 18.6. The molecule has 8 heteroatoms. The molecule has 1 atom stereocenters. The van der Waals surface area contributed by atoms with Gasteiger partial charge in [0, 0.05) is 13.7 Å². The summed E-state index contributed by atoms with van der Waals surface area (Å²) in [6.45, 7) is 1.99. The Balaban J connectivity index is 2.19. The van der Waals surface area contributed by atoms with Gasteiger partial charge in [-0.1, -0.05) is 24.3 Å². The Morgan fingerprint density at radius 3 is 2.58 bits per heavy atom. The van der Waals surface area contributed by atoms with E-state index in [1.54, 1.807) is 0 Å². The highest BCUT2D eigenvalue weighted by molar-refractivity contribution is 7.89. The van der Waals surface area contributed by atoms with Gasteiger partial charge in [0.05, 0.1) is 13.2 Å². The van der Waals surface area contributed by atoms with Crippen LogP contribution in [0.1, 0.15) is 26.9 Å². The third-order valence-electron chi connectivity index (χ3n) is 3.57. The Morgan fingerprint density at radius 2 is 1.96 bits per heavy atom. The van der Waals surface area contributed by atoms with Crippen molar-refractivity contribution in [3.8, 4) is 0 Å². The van der Waals surface area contributed by atoms with Crippen molar-refractivity contribution >= 4 is 27.3 Å². The molecule has 1 unspecified atom stereocenters. The molecule has 0 aliphatic carbocycles. The van der Waals surface area contributed by atoms with Crippen molar-refractivity contribution in [2.75, 3.05) is 20.8 Å². The summed E-state index contributed by atoms with van der Waals surface area (Å²) < 4.78 is 37.5. The van der Waals surface area contributed by atoms with Gasteiger partial charge in [-0.25, -0.2) is 17.9 Å². The van der Waals surface area contributed by atoms with Crippen LogP contribution in [0.15, 0.2) is 40.6 Å². The van der Waals surface area contributed by atoms with E-state index in [2.05, 4.69) is 9.46 Å². The van der Waals surface area contributed by atoms with E-state index in [0.29, 0.717) is 0 Å². The summed E-state index contributed by atoms with van der Waals surface area (Å²) in [5.41, 5.74) is 1.91. The molecule has 0 radical (unpaired) electrons. The SMILES string of the molecule is COC(=O)c1sccc1S(=O)(=O)NCC(OC)c1ccccc1C. The second kappa shape index (κ2) is 7.89. The maximum Gasteiger partial charge on any atom is 0.349 e. The molecule has 1 heterocycles. The summed E-state index contributed by atoms with van der Waals surface area (Å²) in [6, 6.07) is 8.99. The maximum atomic E-state index is 12.5. The number of sulfonamides is 1. The summed E-state index contributed by atoms with van der Waals surface area (Å²) in [5.74, 6) is -0.674. The van der Waals surface area contributed by atoms with Gasteiger partial charge in [0.15, 0.2) is 0 Å². The quantitative estimate of drug-likeness (QED) is 0.759. The normalized spacial score (nSPS) is 12.8. The van der Waals surface area contributed by atoms with Gasteiger partial charge in [0.25, 0.3) is 0 Å². The van der Waals surface area contributed by atoms with Crippen molar-refractivity contribution in [3.05, 3.63) is 51.7 Å². The molecule has 130 valence electrons. The van der Waals surface area contributed by atoms with Crippen molar-refractivity contribution in [2.45, 2.75) is 17.9 Å². The largest absolute Gasteiger partial charge is 0.465 e. The number of benzene rings is 1. The van der Waals surface area contributed by atoms with Crippen LogP contribution in [0.3, 0.4) is 0 Å². The van der Waals surface area contributed by atoms with Gasteiger partial charge in [-0.15, -0.1) is 11.3 Å². The van der Waals surface area contributed by atoms with Crippen molar-refractivity contribution in [3.63, 3.8) is 0 Å². The van der Waals surface area contributed by atoms with Crippen molar-refractivity contribution in [1.29, 1.82) is 0 Å². The zero-order chi connectivity index (χ0) is 17.7. The highest BCUT2D eigenvalue weighted by Crippen LogP contribution is 2.24. The Labute approximate surface area is 145 Å². The molecule has 0 amide bonds. The van der Waals surface area contributed by atoms with Gasteiger partial charge < -0.3 is 9.47 Å². The molecule has 0 spiro atoms. The highest BCUT2D eigenvalue weighted by atomic mass is 32.2. The molecule has 0 aliphatic heterocycles. The van der Waals surface area contributed by atoms with Crippen LogP contribution in [-0.2, 0) is 19.5 Å². The number of rotatable bonds is 7. The average Bonchev–Trinajstić information content (AvgIpc) is 3.06. The number of ether oxygens (including phenoxy) is 2. The number of carbonyl (C=O) groups is 1. The van der Waals surface area contributed by atoms with E-state index < -0.39 is 22.1 Å². The van der Waals surface area contributed by atoms with Gasteiger partial charge >= 0.3 is 5.97 Å². The second-order valence-corrected chi connectivity index (χ2v) is 7.69.